The molecule has 3 aromatic carbocycles. The second kappa shape index (κ2) is 11.7. The van der Waals surface area contributed by atoms with E-state index in [1.165, 1.54) is 20.3 Å². The fraction of sp³-hybridized carbons (Fsp3) is 0.179. The average molecular weight is 486 g/mol. The summed E-state index contributed by atoms with van der Waals surface area (Å²) in [6, 6.07) is 26.1. The van der Waals surface area contributed by atoms with Crippen molar-refractivity contribution in [1.82, 2.24) is 9.97 Å². The Morgan fingerprint density at radius 1 is 0.861 bits per heavy atom. The van der Waals surface area contributed by atoms with Gasteiger partial charge in [0.25, 0.3) is 0 Å². The van der Waals surface area contributed by atoms with Crippen molar-refractivity contribution in [3.63, 3.8) is 0 Å². The molecule has 0 aliphatic heterocycles. The molecule has 0 bridgehead atoms. The number of carbonyl (C=O) groups is 1. The predicted molar refractivity (Wildman–Crippen MR) is 135 cm³/mol. The van der Waals surface area contributed by atoms with Crippen LogP contribution in [0.4, 0.5) is 5.69 Å². The number of hydrogen-bond acceptors (Lipinski definition) is 8. The number of rotatable bonds is 10. The number of esters is 1. The molecular weight excluding hydrogens is 458 g/mol. The van der Waals surface area contributed by atoms with Crippen LogP contribution in [0.2, 0.25) is 0 Å². The van der Waals surface area contributed by atoms with Gasteiger partial charge in [-0.15, -0.1) is 0 Å². The van der Waals surface area contributed by atoms with Gasteiger partial charge in [-0.1, -0.05) is 72.8 Å². The summed E-state index contributed by atoms with van der Waals surface area (Å²) >= 11 is 0. The first-order valence-corrected chi connectivity index (χ1v) is 11.3. The van der Waals surface area contributed by atoms with Crippen molar-refractivity contribution in [1.29, 1.82) is 0 Å². The van der Waals surface area contributed by atoms with Crippen molar-refractivity contribution in [2.24, 2.45) is 0 Å². The molecule has 0 spiro atoms. The van der Waals surface area contributed by atoms with Crippen LogP contribution in [0.1, 0.15) is 29.0 Å². The quantitative estimate of drug-likeness (QED) is 0.243. The Labute approximate surface area is 209 Å². The maximum absolute atomic E-state index is 12.9. The zero-order valence-corrected chi connectivity index (χ0v) is 20.1. The normalized spacial score (nSPS) is 11.4. The number of nitrogen functional groups attached to an aromatic ring is 1. The van der Waals surface area contributed by atoms with Gasteiger partial charge in [0.15, 0.2) is 5.75 Å². The molecule has 0 saturated carbocycles. The van der Waals surface area contributed by atoms with Gasteiger partial charge in [0.1, 0.15) is 6.61 Å². The van der Waals surface area contributed by atoms with E-state index in [-0.39, 0.29) is 42.7 Å². The third kappa shape index (κ3) is 6.09. The summed E-state index contributed by atoms with van der Waals surface area (Å²) < 4.78 is 22.1. The Bertz CT molecular complexity index is 1280. The number of para-hydroxylation sites is 1. The second-order valence-corrected chi connectivity index (χ2v) is 7.92. The zero-order valence-electron chi connectivity index (χ0n) is 20.1. The van der Waals surface area contributed by atoms with Crippen LogP contribution in [0.25, 0.3) is 0 Å². The Hall–Kier alpha value is -4.59. The smallest absolute Gasteiger partial charge is 0.328 e. The van der Waals surface area contributed by atoms with Gasteiger partial charge in [0.05, 0.1) is 32.4 Å². The van der Waals surface area contributed by atoms with E-state index in [1.807, 2.05) is 72.8 Å². The number of nitrogens with two attached hydrogens (primary N) is 1. The van der Waals surface area contributed by atoms with Crippen molar-refractivity contribution in [3.05, 3.63) is 102 Å². The summed E-state index contributed by atoms with van der Waals surface area (Å²) in [6.45, 7) is 0.193. The van der Waals surface area contributed by atoms with E-state index in [1.54, 1.807) is 6.07 Å². The van der Waals surface area contributed by atoms with Crippen molar-refractivity contribution < 1.29 is 23.7 Å². The first-order valence-electron chi connectivity index (χ1n) is 11.3. The summed E-state index contributed by atoms with van der Waals surface area (Å²) in [6.07, 6.45) is 0.0823. The summed E-state index contributed by atoms with van der Waals surface area (Å²) in [7, 11) is 2.97. The molecule has 4 rings (SSSR count). The largest absolute Gasteiger partial charge is 0.481 e. The van der Waals surface area contributed by atoms with Crippen LogP contribution < -0.4 is 19.9 Å². The molecule has 1 atom stereocenters. The molecule has 4 aromatic rings. The lowest BCUT2D eigenvalue weighted by Gasteiger charge is -2.21. The number of anilines is 1. The summed E-state index contributed by atoms with van der Waals surface area (Å²) in [5.74, 6) is 0.160. The standard InChI is InChI=1S/C28H27N3O5/c1-33-24-17-25(34-2)31-28(30-24)36-27-21(14-9-15-23(27)29)22(20-12-7-4-8-13-20)16-26(32)35-18-19-10-5-3-6-11-19/h3-15,17,22H,16,18,29H2,1-2H3. The molecule has 184 valence electrons. The van der Waals surface area contributed by atoms with Crippen LogP contribution in [0.3, 0.4) is 0 Å². The Kier molecular flexibility index (Phi) is 7.97. The monoisotopic (exact) mass is 485 g/mol. The molecule has 8 nitrogen and oxygen atoms in total. The van der Waals surface area contributed by atoms with Gasteiger partial charge in [-0.3, -0.25) is 4.79 Å². The lowest BCUT2D eigenvalue weighted by molar-refractivity contribution is -0.145. The lowest BCUT2D eigenvalue weighted by Crippen LogP contribution is -2.13. The van der Waals surface area contributed by atoms with E-state index in [4.69, 9.17) is 24.7 Å². The molecular formula is C28H27N3O5. The summed E-state index contributed by atoms with van der Waals surface area (Å²) in [4.78, 5) is 21.4. The number of carbonyl (C=O) groups excluding carboxylic acids is 1. The number of aromatic nitrogens is 2. The van der Waals surface area contributed by atoms with E-state index >= 15 is 0 Å². The van der Waals surface area contributed by atoms with Crippen LogP contribution in [-0.4, -0.2) is 30.2 Å². The molecule has 36 heavy (non-hydrogen) atoms. The maximum Gasteiger partial charge on any atom is 0.328 e. The van der Waals surface area contributed by atoms with Gasteiger partial charge >= 0.3 is 12.0 Å². The van der Waals surface area contributed by atoms with Crippen molar-refractivity contribution in [3.8, 4) is 23.5 Å². The number of benzene rings is 3. The third-order valence-corrected chi connectivity index (χ3v) is 5.54. The van der Waals surface area contributed by atoms with Gasteiger partial charge in [0.2, 0.25) is 11.8 Å². The maximum atomic E-state index is 12.9. The van der Waals surface area contributed by atoms with Gasteiger partial charge < -0.3 is 24.7 Å². The van der Waals surface area contributed by atoms with Gasteiger partial charge in [-0.2, -0.15) is 9.97 Å². The van der Waals surface area contributed by atoms with E-state index in [0.717, 1.165) is 11.1 Å². The zero-order chi connectivity index (χ0) is 25.3. The number of ether oxygens (including phenoxy) is 4. The van der Waals surface area contributed by atoms with Gasteiger partial charge in [-0.25, -0.2) is 0 Å². The van der Waals surface area contributed by atoms with Crippen LogP contribution >= 0.6 is 0 Å². The Morgan fingerprint density at radius 3 is 2.14 bits per heavy atom. The number of hydrogen-bond donors (Lipinski definition) is 1. The Balaban J connectivity index is 1.66. The van der Waals surface area contributed by atoms with Crippen molar-refractivity contribution >= 4 is 11.7 Å². The van der Waals surface area contributed by atoms with E-state index in [0.29, 0.717) is 17.0 Å². The van der Waals surface area contributed by atoms with Crippen LogP contribution in [-0.2, 0) is 16.1 Å². The van der Waals surface area contributed by atoms with Gasteiger partial charge in [0, 0.05) is 11.5 Å². The SMILES string of the molecule is COc1cc(OC)nc(Oc2c(N)cccc2C(CC(=O)OCc2ccccc2)c2ccccc2)n1. The first-order chi connectivity index (χ1) is 17.6. The highest BCUT2D eigenvalue weighted by Gasteiger charge is 2.25. The topological polar surface area (TPSA) is 106 Å². The second-order valence-electron chi connectivity index (χ2n) is 7.92. The first kappa shape index (κ1) is 24.5. The minimum atomic E-state index is -0.388. The molecule has 0 radical (unpaired) electrons. The highest BCUT2D eigenvalue weighted by atomic mass is 16.5. The summed E-state index contributed by atoms with van der Waals surface area (Å²) in [5, 5.41) is 0. The fourth-order valence-electron chi connectivity index (χ4n) is 3.75. The molecule has 8 heteroatoms. The predicted octanol–water partition coefficient (Wildman–Crippen LogP) is 5.13. The van der Waals surface area contributed by atoms with E-state index < -0.39 is 0 Å². The molecule has 1 unspecified atom stereocenters. The van der Waals surface area contributed by atoms with E-state index in [2.05, 4.69) is 9.97 Å². The molecule has 0 amide bonds. The van der Waals surface area contributed by atoms with Crippen molar-refractivity contribution in [2.75, 3.05) is 20.0 Å². The Morgan fingerprint density at radius 2 is 1.50 bits per heavy atom. The van der Waals surface area contributed by atoms with Gasteiger partial charge in [-0.05, 0) is 17.2 Å². The summed E-state index contributed by atoms with van der Waals surface area (Å²) in [5.41, 5.74) is 9.23. The molecule has 0 aliphatic carbocycles. The molecule has 2 N–H and O–H groups in total. The number of nitrogens with zero attached hydrogens (tertiary/aromatic N) is 2. The van der Waals surface area contributed by atoms with Crippen LogP contribution in [0.15, 0.2) is 84.9 Å². The van der Waals surface area contributed by atoms with Crippen LogP contribution in [0, 0.1) is 0 Å². The molecule has 1 heterocycles. The highest BCUT2D eigenvalue weighted by molar-refractivity contribution is 5.72. The lowest BCUT2D eigenvalue weighted by atomic mass is 9.87. The molecule has 1 aromatic heterocycles. The van der Waals surface area contributed by atoms with Crippen molar-refractivity contribution in [2.45, 2.75) is 18.9 Å². The minimum Gasteiger partial charge on any atom is -0.481 e. The fourth-order valence-corrected chi connectivity index (χ4v) is 3.75. The van der Waals surface area contributed by atoms with E-state index in [9.17, 15) is 4.79 Å². The average Bonchev–Trinajstić information content (AvgIpc) is 2.92. The third-order valence-electron chi connectivity index (χ3n) is 5.54. The molecule has 0 fully saturated rings. The molecule has 0 saturated heterocycles. The highest BCUT2D eigenvalue weighted by Crippen LogP contribution is 2.40. The van der Waals surface area contributed by atoms with Crippen LogP contribution in [0.5, 0.6) is 23.5 Å². The molecule has 0 aliphatic rings. The number of methoxy groups -OCH3 is 2. The minimum absolute atomic E-state index is 0.00353.